The first-order valence-electron chi connectivity index (χ1n) is 5.68. The molecule has 0 bridgehead atoms. The minimum Gasteiger partial charge on any atom is -0.423 e. The van der Waals surface area contributed by atoms with Gasteiger partial charge in [-0.1, -0.05) is 17.7 Å². The van der Waals surface area contributed by atoms with Gasteiger partial charge in [0.1, 0.15) is 0 Å². The fourth-order valence-corrected chi connectivity index (χ4v) is 1.32. The highest BCUT2D eigenvalue weighted by atomic mass is 35.5. The zero-order valence-corrected chi connectivity index (χ0v) is 11.8. The third-order valence-electron chi connectivity index (χ3n) is 3.18. The van der Waals surface area contributed by atoms with Crippen LogP contribution in [0.15, 0.2) is 18.2 Å². The van der Waals surface area contributed by atoms with E-state index in [0.29, 0.717) is 16.2 Å². The molecule has 0 saturated heterocycles. The Morgan fingerprint density at radius 2 is 1.83 bits per heavy atom. The minimum absolute atomic E-state index is 0.373. The molecule has 0 spiro atoms. The molecule has 0 aliphatic heterocycles. The van der Waals surface area contributed by atoms with Crippen molar-refractivity contribution in [2.24, 2.45) is 0 Å². The molecule has 0 unspecified atom stereocenters. The summed E-state index contributed by atoms with van der Waals surface area (Å²) < 4.78 is 5.49. The van der Waals surface area contributed by atoms with Gasteiger partial charge < -0.3 is 20.5 Å². The molecule has 0 amide bonds. The number of aliphatic hydroxyl groups is 1. The van der Waals surface area contributed by atoms with Crippen LogP contribution in [0.5, 0.6) is 0 Å². The first-order chi connectivity index (χ1) is 8.04. The summed E-state index contributed by atoms with van der Waals surface area (Å²) in [5.74, 6) is 0. The first-order valence-corrected chi connectivity index (χ1v) is 6.05. The largest absolute Gasteiger partial charge is 0.491 e. The predicted octanol–water partition coefficient (Wildman–Crippen LogP) is 1.18. The second-order valence-corrected chi connectivity index (χ2v) is 5.73. The molecule has 100 valence electrons. The number of halogens is 1. The summed E-state index contributed by atoms with van der Waals surface area (Å²) in [4.78, 5) is 0. The molecular weight excluding hydrogens is 252 g/mol. The molecule has 0 saturated carbocycles. The van der Waals surface area contributed by atoms with Crippen LogP contribution in [0.25, 0.3) is 0 Å². The SMILES string of the molecule is CC(C)(O)C(C)(C)OB(O)c1ccc(Cl)c(N)c1. The average Bonchev–Trinajstić information content (AvgIpc) is 2.19. The van der Waals surface area contributed by atoms with Gasteiger partial charge in [0.25, 0.3) is 0 Å². The van der Waals surface area contributed by atoms with Crippen molar-refractivity contribution in [3.8, 4) is 0 Å². The van der Waals surface area contributed by atoms with Crippen molar-refractivity contribution < 1.29 is 14.8 Å². The van der Waals surface area contributed by atoms with Gasteiger partial charge in [0.2, 0.25) is 0 Å². The van der Waals surface area contributed by atoms with E-state index in [4.69, 9.17) is 22.0 Å². The zero-order chi connectivity index (χ0) is 14.1. The Bertz CT molecular complexity index is 432. The third kappa shape index (κ3) is 3.39. The first kappa shape index (κ1) is 15.3. The summed E-state index contributed by atoms with van der Waals surface area (Å²) in [6, 6.07) is 4.77. The number of hydrogen-bond acceptors (Lipinski definition) is 4. The second kappa shape index (κ2) is 5.09. The number of anilines is 1. The molecule has 0 atom stereocenters. The highest BCUT2D eigenvalue weighted by molar-refractivity contribution is 6.60. The predicted molar refractivity (Wildman–Crippen MR) is 74.9 cm³/mol. The number of benzene rings is 1. The molecule has 0 aromatic heterocycles. The zero-order valence-electron chi connectivity index (χ0n) is 11.1. The van der Waals surface area contributed by atoms with Crippen molar-refractivity contribution in [2.75, 3.05) is 5.73 Å². The molecule has 4 nitrogen and oxygen atoms in total. The average molecular weight is 272 g/mol. The monoisotopic (exact) mass is 271 g/mol. The Morgan fingerprint density at radius 3 is 2.28 bits per heavy atom. The van der Waals surface area contributed by atoms with Crippen molar-refractivity contribution in [2.45, 2.75) is 38.9 Å². The van der Waals surface area contributed by atoms with E-state index in [1.807, 2.05) is 0 Å². The number of nitrogen functional groups attached to an aromatic ring is 1. The van der Waals surface area contributed by atoms with E-state index in [0.717, 1.165) is 0 Å². The van der Waals surface area contributed by atoms with Crippen LogP contribution in [0.1, 0.15) is 27.7 Å². The van der Waals surface area contributed by atoms with Gasteiger partial charge in [0.15, 0.2) is 0 Å². The maximum atomic E-state index is 10.0. The van der Waals surface area contributed by atoms with E-state index < -0.39 is 18.3 Å². The maximum Gasteiger partial charge on any atom is 0.491 e. The summed E-state index contributed by atoms with van der Waals surface area (Å²) >= 11 is 5.80. The lowest BCUT2D eigenvalue weighted by Gasteiger charge is -2.38. The van der Waals surface area contributed by atoms with Gasteiger partial charge in [-0.25, -0.2) is 0 Å². The van der Waals surface area contributed by atoms with E-state index in [-0.39, 0.29) is 0 Å². The molecule has 0 heterocycles. The van der Waals surface area contributed by atoms with Crippen LogP contribution >= 0.6 is 11.6 Å². The Kier molecular flexibility index (Phi) is 4.33. The molecular formula is C12H19BClNO3. The molecule has 0 fully saturated rings. The van der Waals surface area contributed by atoms with Gasteiger partial charge >= 0.3 is 7.12 Å². The van der Waals surface area contributed by atoms with E-state index in [1.54, 1.807) is 45.9 Å². The van der Waals surface area contributed by atoms with Crippen LogP contribution < -0.4 is 11.2 Å². The minimum atomic E-state index is -1.18. The fourth-order valence-electron chi connectivity index (χ4n) is 1.21. The molecule has 6 heteroatoms. The van der Waals surface area contributed by atoms with Crippen molar-refractivity contribution >= 4 is 29.9 Å². The fraction of sp³-hybridized carbons (Fsp3) is 0.500. The Hall–Kier alpha value is -0.745. The Labute approximate surface area is 113 Å². The van der Waals surface area contributed by atoms with Crippen molar-refractivity contribution in [3.63, 3.8) is 0 Å². The number of nitrogens with two attached hydrogens (primary N) is 1. The molecule has 0 aliphatic carbocycles. The van der Waals surface area contributed by atoms with Crippen LogP contribution in [0, 0.1) is 0 Å². The number of hydrogen-bond donors (Lipinski definition) is 3. The topological polar surface area (TPSA) is 75.7 Å². The van der Waals surface area contributed by atoms with Gasteiger partial charge in [0.05, 0.1) is 16.2 Å². The quantitative estimate of drug-likeness (QED) is 0.568. The van der Waals surface area contributed by atoms with Crippen LogP contribution in [-0.4, -0.2) is 28.5 Å². The summed E-state index contributed by atoms with van der Waals surface area (Å²) in [6.45, 7) is 6.65. The molecule has 1 aromatic carbocycles. The standard InChI is InChI=1S/C12H19BClNO3/c1-11(2,16)12(3,4)18-13(17)8-5-6-9(14)10(15)7-8/h5-7,16-17H,15H2,1-4H3. The highest BCUT2D eigenvalue weighted by Gasteiger charge is 2.39. The lowest BCUT2D eigenvalue weighted by molar-refractivity contribution is -0.0982. The van der Waals surface area contributed by atoms with Crippen molar-refractivity contribution in [3.05, 3.63) is 23.2 Å². The lowest BCUT2D eigenvalue weighted by Crippen LogP contribution is -2.53. The molecule has 4 N–H and O–H groups in total. The van der Waals surface area contributed by atoms with E-state index in [1.165, 1.54) is 0 Å². The Balaban J connectivity index is 2.89. The maximum absolute atomic E-state index is 10.0. The van der Waals surface area contributed by atoms with Gasteiger partial charge in [-0.2, -0.15) is 0 Å². The molecule has 1 rings (SSSR count). The van der Waals surface area contributed by atoms with E-state index >= 15 is 0 Å². The van der Waals surface area contributed by atoms with Crippen LogP contribution in [0.4, 0.5) is 5.69 Å². The second-order valence-electron chi connectivity index (χ2n) is 5.32. The summed E-state index contributed by atoms with van der Waals surface area (Å²) in [5.41, 5.74) is 4.52. The Morgan fingerprint density at radius 1 is 1.28 bits per heavy atom. The van der Waals surface area contributed by atoms with Crippen LogP contribution in [0.3, 0.4) is 0 Å². The lowest BCUT2D eigenvalue weighted by atomic mass is 9.76. The molecule has 18 heavy (non-hydrogen) atoms. The van der Waals surface area contributed by atoms with E-state index in [9.17, 15) is 10.1 Å². The van der Waals surface area contributed by atoms with Gasteiger partial charge in [0, 0.05) is 5.69 Å². The van der Waals surface area contributed by atoms with Gasteiger partial charge in [-0.3, -0.25) is 0 Å². The van der Waals surface area contributed by atoms with Gasteiger partial charge in [-0.15, -0.1) is 0 Å². The van der Waals surface area contributed by atoms with Gasteiger partial charge in [-0.05, 0) is 45.3 Å². The third-order valence-corrected chi connectivity index (χ3v) is 3.53. The molecule has 1 aromatic rings. The van der Waals surface area contributed by atoms with Crippen LogP contribution in [-0.2, 0) is 4.65 Å². The summed E-state index contributed by atoms with van der Waals surface area (Å²) in [7, 11) is -1.18. The van der Waals surface area contributed by atoms with Crippen LogP contribution in [0.2, 0.25) is 5.02 Å². The summed E-state index contributed by atoms with van der Waals surface area (Å²) in [5, 5.41) is 20.4. The van der Waals surface area contributed by atoms with E-state index in [2.05, 4.69) is 0 Å². The smallest absolute Gasteiger partial charge is 0.423 e. The molecule has 0 radical (unpaired) electrons. The van der Waals surface area contributed by atoms with Crippen molar-refractivity contribution in [1.82, 2.24) is 0 Å². The summed E-state index contributed by atoms with van der Waals surface area (Å²) in [6.07, 6.45) is 0. The highest BCUT2D eigenvalue weighted by Crippen LogP contribution is 2.25. The van der Waals surface area contributed by atoms with Crippen molar-refractivity contribution in [1.29, 1.82) is 0 Å². The number of rotatable bonds is 4. The molecule has 0 aliphatic rings. The normalized spacial score (nSPS) is 12.6.